The van der Waals surface area contributed by atoms with Crippen molar-refractivity contribution >= 4 is 11.9 Å². The van der Waals surface area contributed by atoms with Gasteiger partial charge in [-0.1, -0.05) is 30.3 Å². The number of aryl methyl sites for hydroxylation is 1. The average Bonchev–Trinajstić information content (AvgIpc) is 2.88. The number of H-pyrrole nitrogens is 1. The summed E-state index contributed by atoms with van der Waals surface area (Å²) in [5.41, 5.74) is 3.05. The lowest BCUT2D eigenvalue weighted by atomic mass is 10.1. The van der Waals surface area contributed by atoms with Crippen molar-refractivity contribution in [3.05, 3.63) is 58.4 Å². The standard InChI is InChI=1S/C19H25N3O3/c1-12-16(19(24)25-5)13(2)20-17(12)18(23)21-15(11-22(3)4)14-9-7-6-8-10-14/h6-10,15,20H,11H2,1-5H3,(H,21,23). The van der Waals surface area contributed by atoms with Crippen LogP contribution in [-0.4, -0.2) is 49.5 Å². The number of nitrogens with one attached hydrogen (secondary N) is 2. The van der Waals surface area contributed by atoms with Crippen LogP contribution in [0.25, 0.3) is 0 Å². The Hall–Kier alpha value is -2.60. The number of carbonyl (C=O) groups excluding carboxylic acids is 2. The highest BCUT2D eigenvalue weighted by molar-refractivity contribution is 6.00. The van der Waals surface area contributed by atoms with Gasteiger partial charge in [0.2, 0.25) is 0 Å². The number of nitrogens with zero attached hydrogens (tertiary/aromatic N) is 1. The molecular weight excluding hydrogens is 318 g/mol. The highest BCUT2D eigenvalue weighted by atomic mass is 16.5. The number of aromatic amines is 1. The first-order valence-corrected chi connectivity index (χ1v) is 8.13. The molecule has 6 heteroatoms. The quantitative estimate of drug-likeness (QED) is 0.790. The maximum absolute atomic E-state index is 12.8. The fourth-order valence-corrected chi connectivity index (χ4v) is 2.90. The van der Waals surface area contributed by atoms with E-state index in [1.807, 2.05) is 49.3 Å². The number of ether oxygens (including phenoxy) is 1. The van der Waals surface area contributed by atoms with E-state index in [1.54, 1.807) is 13.8 Å². The van der Waals surface area contributed by atoms with E-state index in [2.05, 4.69) is 10.3 Å². The Morgan fingerprint density at radius 1 is 1.20 bits per heavy atom. The van der Waals surface area contributed by atoms with Gasteiger partial charge in [0.05, 0.1) is 18.7 Å². The number of likely N-dealkylation sites (N-methyl/N-ethyl adjacent to an activating group) is 1. The van der Waals surface area contributed by atoms with Gasteiger partial charge in [0, 0.05) is 12.2 Å². The van der Waals surface area contributed by atoms with Crippen molar-refractivity contribution < 1.29 is 14.3 Å². The summed E-state index contributed by atoms with van der Waals surface area (Å²) < 4.78 is 4.80. The van der Waals surface area contributed by atoms with Crippen LogP contribution in [0.2, 0.25) is 0 Å². The molecule has 2 aromatic rings. The molecule has 0 aliphatic carbocycles. The van der Waals surface area contributed by atoms with Gasteiger partial charge in [-0.05, 0) is 39.1 Å². The van der Waals surface area contributed by atoms with Gasteiger partial charge in [-0.2, -0.15) is 0 Å². The number of carbonyl (C=O) groups is 2. The van der Waals surface area contributed by atoms with Crippen molar-refractivity contribution in [3.8, 4) is 0 Å². The van der Waals surface area contributed by atoms with Crippen molar-refractivity contribution in [2.75, 3.05) is 27.7 Å². The Morgan fingerprint density at radius 2 is 1.84 bits per heavy atom. The molecule has 0 bridgehead atoms. The maximum Gasteiger partial charge on any atom is 0.339 e. The molecule has 0 aliphatic rings. The Balaban J connectivity index is 2.29. The van der Waals surface area contributed by atoms with E-state index in [0.29, 0.717) is 29.1 Å². The molecule has 0 fully saturated rings. The molecule has 1 aromatic carbocycles. The Kier molecular flexibility index (Phi) is 5.98. The Labute approximate surface area is 148 Å². The molecular formula is C19H25N3O3. The number of amides is 1. The van der Waals surface area contributed by atoms with Crippen LogP contribution in [0.1, 0.15) is 43.7 Å². The van der Waals surface area contributed by atoms with E-state index in [0.717, 1.165) is 5.56 Å². The van der Waals surface area contributed by atoms with E-state index in [9.17, 15) is 9.59 Å². The molecule has 1 atom stereocenters. The fraction of sp³-hybridized carbons (Fsp3) is 0.368. The van der Waals surface area contributed by atoms with Crippen LogP contribution < -0.4 is 5.32 Å². The van der Waals surface area contributed by atoms with Gasteiger partial charge in [0.1, 0.15) is 5.69 Å². The van der Waals surface area contributed by atoms with Gasteiger partial charge in [-0.15, -0.1) is 0 Å². The van der Waals surface area contributed by atoms with E-state index < -0.39 is 5.97 Å². The van der Waals surface area contributed by atoms with Gasteiger partial charge in [-0.25, -0.2) is 4.79 Å². The largest absolute Gasteiger partial charge is 0.465 e. The van der Waals surface area contributed by atoms with Gasteiger partial charge in [0.25, 0.3) is 5.91 Å². The monoisotopic (exact) mass is 343 g/mol. The number of hydrogen-bond acceptors (Lipinski definition) is 4. The van der Waals surface area contributed by atoms with E-state index in [1.165, 1.54) is 7.11 Å². The van der Waals surface area contributed by atoms with E-state index in [4.69, 9.17) is 4.74 Å². The molecule has 1 heterocycles. The minimum atomic E-state index is -0.446. The van der Waals surface area contributed by atoms with Crippen LogP contribution in [0.15, 0.2) is 30.3 Å². The molecule has 1 aromatic heterocycles. The first kappa shape index (κ1) is 18.7. The number of rotatable bonds is 6. The van der Waals surface area contributed by atoms with E-state index >= 15 is 0 Å². The average molecular weight is 343 g/mol. The van der Waals surface area contributed by atoms with Crippen LogP contribution in [0.5, 0.6) is 0 Å². The van der Waals surface area contributed by atoms with E-state index in [-0.39, 0.29) is 11.9 Å². The lowest BCUT2D eigenvalue weighted by molar-refractivity contribution is 0.0599. The predicted octanol–water partition coefficient (Wildman–Crippen LogP) is 2.45. The minimum absolute atomic E-state index is 0.159. The number of benzene rings is 1. The van der Waals surface area contributed by atoms with Gasteiger partial charge in [-0.3, -0.25) is 4.79 Å². The van der Waals surface area contributed by atoms with Crippen molar-refractivity contribution in [2.45, 2.75) is 19.9 Å². The van der Waals surface area contributed by atoms with Crippen molar-refractivity contribution in [1.29, 1.82) is 0 Å². The summed E-state index contributed by atoms with van der Waals surface area (Å²) in [4.78, 5) is 29.7. The van der Waals surface area contributed by atoms with Crippen LogP contribution in [0.3, 0.4) is 0 Å². The number of esters is 1. The third kappa shape index (κ3) is 4.28. The second-order valence-corrected chi connectivity index (χ2v) is 6.32. The molecule has 0 saturated carbocycles. The lowest BCUT2D eigenvalue weighted by Crippen LogP contribution is -2.35. The summed E-state index contributed by atoms with van der Waals surface area (Å²) >= 11 is 0. The minimum Gasteiger partial charge on any atom is -0.465 e. The summed E-state index contributed by atoms with van der Waals surface area (Å²) in [6, 6.07) is 9.66. The summed E-state index contributed by atoms with van der Waals surface area (Å²) in [5.74, 6) is -0.690. The molecule has 134 valence electrons. The van der Waals surface area contributed by atoms with Crippen LogP contribution >= 0.6 is 0 Å². The SMILES string of the molecule is COC(=O)c1c(C)[nH]c(C(=O)NC(CN(C)C)c2ccccc2)c1C. The molecule has 2 N–H and O–H groups in total. The van der Waals surface area contributed by atoms with Crippen LogP contribution in [0, 0.1) is 13.8 Å². The maximum atomic E-state index is 12.8. The zero-order valence-corrected chi connectivity index (χ0v) is 15.3. The first-order chi connectivity index (χ1) is 11.8. The first-order valence-electron chi connectivity index (χ1n) is 8.13. The topological polar surface area (TPSA) is 74.4 Å². The van der Waals surface area contributed by atoms with Gasteiger partial charge < -0.3 is 19.9 Å². The normalized spacial score (nSPS) is 12.1. The molecule has 0 saturated heterocycles. The Bertz CT molecular complexity index is 751. The third-order valence-corrected chi connectivity index (χ3v) is 4.11. The lowest BCUT2D eigenvalue weighted by Gasteiger charge is -2.22. The second-order valence-electron chi connectivity index (χ2n) is 6.32. The molecule has 0 radical (unpaired) electrons. The smallest absolute Gasteiger partial charge is 0.339 e. The van der Waals surface area contributed by atoms with Crippen molar-refractivity contribution in [3.63, 3.8) is 0 Å². The highest BCUT2D eigenvalue weighted by Crippen LogP contribution is 2.20. The number of aromatic nitrogens is 1. The third-order valence-electron chi connectivity index (χ3n) is 4.11. The molecule has 0 aliphatic heterocycles. The van der Waals surface area contributed by atoms with Crippen molar-refractivity contribution in [2.24, 2.45) is 0 Å². The summed E-state index contributed by atoms with van der Waals surface area (Å²) in [5, 5.41) is 3.06. The summed E-state index contributed by atoms with van der Waals surface area (Å²) in [6.07, 6.45) is 0. The molecule has 2 rings (SSSR count). The molecule has 0 spiro atoms. The number of methoxy groups -OCH3 is 1. The Morgan fingerprint density at radius 3 is 2.40 bits per heavy atom. The van der Waals surface area contributed by atoms with Crippen molar-refractivity contribution in [1.82, 2.24) is 15.2 Å². The molecule has 25 heavy (non-hydrogen) atoms. The van der Waals surface area contributed by atoms with Crippen LogP contribution in [-0.2, 0) is 4.74 Å². The second kappa shape index (κ2) is 7.98. The predicted molar refractivity (Wildman–Crippen MR) is 96.8 cm³/mol. The van der Waals surface area contributed by atoms with Gasteiger partial charge in [0.15, 0.2) is 0 Å². The molecule has 1 amide bonds. The zero-order valence-electron chi connectivity index (χ0n) is 15.3. The summed E-state index contributed by atoms with van der Waals surface area (Å²) in [6.45, 7) is 4.16. The zero-order chi connectivity index (χ0) is 18.6. The molecule has 6 nitrogen and oxygen atoms in total. The van der Waals surface area contributed by atoms with Crippen LogP contribution in [0.4, 0.5) is 0 Å². The number of hydrogen-bond donors (Lipinski definition) is 2. The fourth-order valence-electron chi connectivity index (χ4n) is 2.90. The molecule has 1 unspecified atom stereocenters. The highest BCUT2D eigenvalue weighted by Gasteiger charge is 2.24. The van der Waals surface area contributed by atoms with Gasteiger partial charge >= 0.3 is 5.97 Å². The summed E-state index contributed by atoms with van der Waals surface area (Å²) in [7, 11) is 5.25.